The predicted molar refractivity (Wildman–Crippen MR) is 80.3 cm³/mol. The fourth-order valence-corrected chi connectivity index (χ4v) is 2.26. The van der Waals surface area contributed by atoms with Crippen molar-refractivity contribution in [3.63, 3.8) is 0 Å². The van der Waals surface area contributed by atoms with Gasteiger partial charge in [-0.05, 0) is 47.4 Å². The third-order valence-corrected chi connectivity index (χ3v) is 4.19. The van der Waals surface area contributed by atoms with Gasteiger partial charge in [0.1, 0.15) is 0 Å². The first kappa shape index (κ1) is 15.8. The molecule has 0 atom stereocenters. The number of nitrogens with two attached hydrogens (primary N) is 1. The van der Waals surface area contributed by atoms with Gasteiger partial charge in [-0.15, -0.1) is 0 Å². The highest BCUT2D eigenvalue weighted by atomic mass is 79.9. The summed E-state index contributed by atoms with van der Waals surface area (Å²) in [7, 11) is 0. The number of unbranched alkanes of at least 4 members (excludes halogenated alkanes) is 2. The Labute approximate surface area is 125 Å². The Hall–Kier alpha value is -0.290. The molecule has 0 aromatic heterocycles. The standard InChI is InChI=1S/C12H15BrCl2N2O/c13-8-5-6-9(12(15)11(8)14)17-10(18)4-2-1-3-7-16/h5-6H,1-4,7,16H2,(H,17,18). The number of carbonyl (C=O) groups is 1. The van der Waals surface area contributed by atoms with Gasteiger partial charge in [0.05, 0.1) is 15.7 Å². The van der Waals surface area contributed by atoms with Crippen LogP contribution in [0.3, 0.4) is 0 Å². The lowest BCUT2D eigenvalue weighted by atomic mass is 10.2. The van der Waals surface area contributed by atoms with Crippen molar-refractivity contribution in [2.75, 3.05) is 11.9 Å². The van der Waals surface area contributed by atoms with Crippen LogP contribution in [0.15, 0.2) is 16.6 Å². The van der Waals surface area contributed by atoms with Crippen LogP contribution < -0.4 is 11.1 Å². The maximum Gasteiger partial charge on any atom is 0.224 e. The van der Waals surface area contributed by atoms with E-state index in [9.17, 15) is 4.79 Å². The van der Waals surface area contributed by atoms with E-state index in [0.29, 0.717) is 33.2 Å². The molecule has 0 spiro atoms. The van der Waals surface area contributed by atoms with E-state index < -0.39 is 0 Å². The second-order valence-electron chi connectivity index (χ2n) is 3.87. The molecule has 0 aliphatic heterocycles. The van der Waals surface area contributed by atoms with Crippen LogP contribution in [-0.2, 0) is 4.79 Å². The normalized spacial score (nSPS) is 10.4. The van der Waals surface area contributed by atoms with Gasteiger partial charge in [-0.25, -0.2) is 0 Å². The molecule has 1 rings (SSSR count). The summed E-state index contributed by atoms with van der Waals surface area (Å²) in [6, 6.07) is 3.47. The minimum absolute atomic E-state index is 0.0627. The van der Waals surface area contributed by atoms with E-state index in [-0.39, 0.29) is 5.91 Å². The number of anilines is 1. The van der Waals surface area contributed by atoms with E-state index in [0.717, 1.165) is 19.3 Å². The van der Waals surface area contributed by atoms with Gasteiger partial charge in [0, 0.05) is 10.9 Å². The number of carbonyl (C=O) groups excluding carboxylic acids is 1. The Morgan fingerprint density at radius 2 is 1.94 bits per heavy atom. The van der Waals surface area contributed by atoms with Gasteiger partial charge in [0.25, 0.3) is 0 Å². The monoisotopic (exact) mass is 352 g/mol. The Bertz CT molecular complexity index is 427. The molecule has 0 fully saturated rings. The van der Waals surface area contributed by atoms with E-state index in [2.05, 4.69) is 21.2 Å². The number of hydrogen-bond donors (Lipinski definition) is 2. The first-order valence-corrected chi connectivity index (χ1v) is 7.24. The van der Waals surface area contributed by atoms with Gasteiger partial charge in [-0.3, -0.25) is 4.79 Å². The molecule has 0 saturated carbocycles. The molecule has 0 aliphatic carbocycles. The zero-order valence-corrected chi connectivity index (χ0v) is 12.9. The maximum atomic E-state index is 11.7. The topological polar surface area (TPSA) is 55.1 Å². The van der Waals surface area contributed by atoms with E-state index in [1.165, 1.54) is 0 Å². The summed E-state index contributed by atoms with van der Waals surface area (Å²) in [5.74, 6) is -0.0627. The van der Waals surface area contributed by atoms with Gasteiger partial charge in [0.2, 0.25) is 5.91 Å². The van der Waals surface area contributed by atoms with Crippen molar-refractivity contribution >= 4 is 50.7 Å². The van der Waals surface area contributed by atoms with Gasteiger partial charge in [0.15, 0.2) is 0 Å². The lowest BCUT2D eigenvalue weighted by Crippen LogP contribution is -2.11. The van der Waals surface area contributed by atoms with E-state index in [1.54, 1.807) is 12.1 Å². The number of rotatable bonds is 6. The van der Waals surface area contributed by atoms with Crippen LogP contribution >= 0.6 is 39.1 Å². The van der Waals surface area contributed by atoms with Crippen molar-refractivity contribution in [2.24, 2.45) is 5.73 Å². The summed E-state index contributed by atoms with van der Waals surface area (Å²) >= 11 is 15.3. The second kappa shape index (κ2) is 8.00. The van der Waals surface area contributed by atoms with Crippen LogP contribution in [0.5, 0.6) is 0 Å². The predicted octanol–water partition coefficient (Wildman–Crippen LogP) is 4.21. The summed E-state index contributed by atoms with van der Waals surface area (Å²) in [5, 5.41) is 3.50. The lowest BCUT2D eigenvalue weighted by molar-refractivity contribution is -0.116. The first-order chi connectivity index (χ1) is 8.56. The molecule has 0 saturated heterocycles. The largest absolute Gasteiger partial charge is 0.330 e. The first-order valence-electron chi connectivity index (χ1n) is 5.69. The molecule has 18 heavy (non-hydrogen) atoms. The van der Waals surface area contributed by atoms with Crippen LogP contribution in [0.25, 0.3) is 0 Å². The van der Waals surface area contributed by atoms with Gasteiger partial charge >= 0.3 is 0 Å². The van der Waals surface area contributed by atoms with Crippen LogP contribution in [0.1, 0.15) is 25.7 Å². The number of hydrogen-bond acceptors (Lipinski definition) is 2. The maximum absolute atomic E-state index is 11.7. The lowest BCUT2D eigenvalue weighted by Gasteiger charge is -2.09. The molecule has 1 aromatic rings. The van der Waals surface area contributed by atoms with Gasteiger partial charge < -0.3 is 11.1 Å². The highest BCUT2D eigenvalue weighted by molar-refractivity contribution is 9.10. The summed E-state index contributed by atoms with van der Waals surface area (Å²) in [5.41, 5.74) is 5.92. The van der Waals surface area contributed by atoms with E-state index >= 15 is 0 Å². The highest BCUT2D eigenvalue weighted by Crippen LogP contribution is 2.35. The minimum atomic E-state index is -0.0627. The average Bonchev–Trinajstić information content (AvgIpc) is 2.35. The van der Waals surface area contributed by atoms with Gasteiger partial charge in [-0.1, -0.05) is 29.6 Å². The second-order valence-corrected chi connectivity index (χ2v) is 5.48. The molecule has 1 aromatic carbocycles. The number of benzene rings is 1. The molecule has 3 nitrogen and oxygen atoms in total. The fourth-order valence-electron chi connectivity index (χ4n) is 1.44. The van der Waals surface area contributed by atoms with Crippen molar-refractivity contribution in [3.8, 4) is 0 Å². The van der Waals surface area contributed by atoms with Crippen molar-refractivity contribution in [3.05, 3.63) is 26.7 Å². The third-order valence-electron chi connectivity index (χ3n) is 2.42. The summed E-state index contributed by atoms with van der Waals surface area (Å²) in [6.07, 6.45) is 3.19. The van der Waals surface area contributed by atoms with E-state index in [1.807, 2.05) is 0 Å². The number of halogens is 3. The third kappa shape index (κ3) is 4.76. The quantitative estimate of drug-likeness (QED) is 0.594. The Balaban J connectivity index is 2.52. The molecule has 100 valence electrons. The number of amides is 1. The molecular formula is C12H15BrCl2N2O. The molecule has 3 N–H and O–H groups in total. The molecule has 6 heteroatoms. The summed E-state index contributed by atoms with van der Waals surface area (Å²) in [4.78, 5) is 11.7. The summed E-state index contributed by atoms with van der Waals surface area (Å²) < 4.78 is 0.704. The Morgan fingerprint density at radius 3 is 2.61 bits per heavy atom. The van der Waals surface area contributed by atoms with Crippen LogP contribution in [-0.4, -0.2) is 12.5 Å². The number of nitrogens with one attached hydrogen (secondary N) is 1. The average molecular weight is 354 g/mol. The van der Waals surface area contributed by atoms with Crippen molar-refractivity contribution in [1.29, 1.82) is 0 Å². The van der Waals surface area contributed by atoms with Gasteiger partial charge in [-0.2, -0.15) is 0 Å². The van der Waals surface area contributed by atoms with Crippen molar-refractivity contribution < 1.29 is 4.79 Å². The molecular weight excluding hydrogens is 339 g/mol. The Morgan fingerprint density at radius 1 is 1.22 bits per heavy atom. The smallest absolute Gasteiger partial charge is 0.224 e. The highest BCUT2D eigenvalue weighted by Gasteiger charge is 2.10. The minimum Gasteiger partial charge on any atom is -0.330 e. The van der Waals surface area contributed by atoms with Crippen molar-refractivity contribution in [2.45, 2.75) is 25.7 Å². The zero-order chi connectivity index (χ0) is 13.5. The summed E-state index contributed by atoms with van der Waals surface area (Å²) in [6.45, 7) is 0.662. The van der Waals surface area contributed by atoms with E-state index in [4.69, 9.17) is 28.9 Å². The fraction of sp³-hybridized carbons (Fsp3) is 0.417. The van der Waals surface area contributed by atoms with Crippen LogP contribution in [0.2, 0.25) is 10.0 Å². The zero-order valence-electron chi connectivity index (χ0n) is 9.81. The van der Waals surface area contributed by atoms with Crippen LogP contribution in [0, 0.1) is 0 Å². The molecule has 1 amide bonds. The molecule has 0 bridgehead atoms. The SMILES string of the molecule is NCCCCCC(=O)Nc1ccc(Br)c(Cl)c1Cl. The molecule has 0 aliphatic rings. The molecule has 0 unspecified atom stereocenters. The molecule has 0 radical (unpaired) electrons. The Kier molecular flexibility index (Phi) is 7.00. The molecule has 0 heterocycles. The van der Waals surface area contributed by atoms with Crippen molar-refractivity contribution in [1.82, 2.24) is 0 Å². The van der Waals surface area contributed by atoms with Crippen LogP contribution in [0.4, 0.5) is 5.69 Å².